The average Bonchev–Trinajstić information content (AvgIpc) is 3.58. The van der Waals surface area contributed by atoms with Crippen LogP contribution in [0, 0.1) is 17.8 Å². The molecule has 0 aliphatic heterocycles. The van der Waals surface area contributed by atoms with Crippen molar-refractivity contribution < 1.29 is 38.1 Å². The van der Waals surface area contributed by atoms with Crippen molar-refractivity contribution in [1.82, 2.24) is 9.80 Å². The molecule has 1 unspecified atom stereocenters. The first kappa shape index (κ1) is 88.5. The molecule has 91 heavy (non-hydrogen) atoms. The highest BCUT2D eigenvalue weighted by molar-refractivity contribution is 5.75. The van der Waals surface area contributed by atoms with E-state index in [0.29, 0.717) is 76.6 Å². The molecule has 0 radical (unpaired) electrons. The number of nitrogens with zero attached hydrogens (tertiary/aromatic N) is 3. The number of rotatable bonds is 74. The highest BCUT2D eigenvalue weighted by Gasteiger charge is 2.15. The van der Waals surface area contributed by atoms with Crippen molar-refractivity contribution >= 4 is 23.9 Å². The lowest BCUT2D eigenvalue weighted by molar-refractivity contribution is -0.145. The molecule has 0 saturated carbocycles. The first-order valence-electron chi connectivity index (χ1n) is 39.7. The molecule has 0 rings (SSSR count). The van der Waals surface area contributed by atoms with Crippen LogP contribution in [0.1, 0.15) is 376 Å². The summed E-state index contributed by atoms with van der Waals surface area (Å²) < 4.78 is 29.6. The van der Waals surface area contributed by atoms with Crippen LogP contribution < -0.4 is 11.5 Å². The van der Waals surface area contributed by atoms with Crippen molar-refractivity contribution in [1.29, 1.82) is 0 Å². The number of ether oxygens (including phenoxy) is 5. The van der Waals surface area contributed by atoms with E-state index in [1.165, 1.54) is 218 Å². The number of hydrogen-bond acceptors (Lipinski definition) is 11. The summed E-state index contributed by atoms with van der Waals surface area (Å²) in [6.07, 6.45) is 58.3. The van der Waals surface area contributed by atoms with Crippen LogP contribution in [0.5, 0.6) is 0 Å². The van der Waals surface area contributed by atoms with Gasteiger partial charge in [-0.25, -0.2) is 0 Å². The Labute approximate surface area is 564 Å². The molecule has 4 N–H and O–H groups in total. The Balaban J connectivity index is 4.89. The third-order valence-corrected chi connectivity index (χ3v) is 18.8. The van der Waals surface area contributed by atoms with Gasteiger partial charge >= 0.3 is 17.9 Å². The fraction of sp³-hybridized carbons (Fsp3) is 0.949. The van der Waals surface area contributed by atoms with E-state index in [0.717, 1.165) is 129 Å². The molecule has 0 saturated heterocycles. The summed E-state index contributed by atoms with van der Waals surface area (Å²) >= 11 is 0. The first-order valence-corrected chi connectivity index (χ1v) is 39.7. The van der Waals surface area contributed by atoms with Gasteiger partial charge in [0.1, 0.15) is 0 Å². The Bertz CT molecular complexity index is 1480. The Kier molecular flexibility index (Phi) is 68.4. The Morgan fingerprint density at radius 3 is 0.835 bits per heavy atom. The number of guanidine groups is 1. The minimum absolute atomic E-state index is 0.0106. The Hall–Kier alpha value is -2.48. The minimum atomic E-state index is -0.247. The van der Waals surface area contributed by atoms with Crippen LogP contribution in [-0.4, -0.2) is 119 Å². The van der Waals surface area contributed by atoms with E-state index >= 15 is 0 Å². The van der Waals surface area contributed by atoms with E-state index in [9.17, 15) is 14.4 Å². The summed E-state index contributed by atoms with van der Waals surface area (Å²) in [6, 6.07) is 0. The maximum absolute atomic E-state index is 12.6. The molecule has 0 spiro atoms. The number of hydrogen-bond donors (Lipinski definition) is 2. The number of carbonyl (C=O) groups is 3. The van der Waals surface area contributed by atoms with Gasteiger partial charge in [-0.1, -0.05) is 273 Å². The molecular weight excluding hydrogens is 1130 g/mol. The van der Waals surface area contributed by atoms with Gasteiger partial charge in [-0.15, -0.1) is 0 Å². The summed E-state index contributed by atoms with van der Waals surface area (Å²) in [7, 11) is 0. The second-order valence-corrected chi connectivity index (χ2v) is 27.6. The highest BCUT2D eigenvalue weighted by Crippen LogP contribution is 2.25. The first-order chi connectivity index (χ1) is 44.5. The summed E-state index contributed by atoms with van der Waals surface area (Å²) in [4.78, 5) is 47.1. The van der Waals surface area contributed by atoms with Gasteiger partial charge < -0.3 is 45.0 Å². The third kappa shape index (κ3) is 64.6. The molecule has 0 amide bonds. The van der Waals surface area contributed by atoms with Gasteiger partial charge in [0.15, 0.2) is 12.2 Å². The van der Waals surface area contributed by atoms with Crippen LogP contribution >= 0.6 is 0 Å². The van der Waals surface area contributed by atoms with Crippen LogP contribution in [0.4, 0.5) is 0 Å². The van der Waals surface area contributed by atoms with Gasteiger partial charge in [-0.05, 0) is 128 Å². The molecule has 0 aliphatic carbocycles. The molecule has 0 bridgehead atoms. The summed E-state index contributed by atoms with van der Waals surface area (Å²) in [5, 5.41) is 0. The van der Waals surface area contributed by atoms with Crippen LogP contribution in [0.3, 0.4) is 0 Å². The van der Waals surface area contributed by atoms with Crippen molar-refractivity contribution in [3.63, 3.8) is 0 Å². The molecule has 13 heteroatoms. The quantitative estimate of drug-likeness (QED) is 0.0148. The van der Waals surface area contributed by atoms with Gasteiger partial charge in [0.05, 0.1) is 33.0 Å². The van der Waals surface area contributed by atoms with Crippen molar-refractivity contribution in [2.24, 2.45) is 34.2 Å². The predicted molar refractivity (Wildman–Crippen MR) is 388 cm³/mol. The van der Waals surface area contributed by atoms with Crippen molar-refractivity contribution in [2.45, 2.75) is 382 Å². The standard InChI is InChI=1S/C78H155N5O8/c1-8-14-32-47-72(48-33-15-9-2)56-68-89-75(84)53-38-26-20-23-29-41-60-82(61-42-30-24-21-27-39-54-76(85)90-69-57-73(49-34-16-10-3)50-35-17-11-4)64-45-66-87-71(7)88-67-46-65-83(63-44-59-81-78(79)80)62-43-31-25-22-28-40-55-77(86)91-70-58-74(51-36-18-12-5)52-37-19-13-6/h71-74H,8-70H2,1-7H3,(H4,79,80,81). The summed E-state index contributed by atoms with van der Waals surface area (Å²) in [5.74, 6) is 2.19. The van der Waals surface area contributed by atoms with Gasteiger partial charge in [0.25, 0.3) is 0 Å². The van der Waals surface area contributed by atoms with Crippen LogP contribution in [0.15, 0.2) is 4.99 Å². The molecule has 0 aromatic carbocycles. The Morgan fingerprint density at radius 2 is 0.560 bits per heavy atom. The molecule has 13 nitrogen and oxygen atoms in total. The lowest BCUT2D eigenvalue weighted by Gasteiger charge is -2.23. The summed E-state index contributed by atoms with van der Waals surface area (Å²) in [6.45, 7) is 25.6. The zero-order valence-electron chi connectivity index (χ0n) is 61.6. The molecule has 0 aromatic rings. The molecule has 540 valence electrons. The topological polar surface area (TPSA) is 168 Å². The summed E-state index contributed by atoms with van der Waals surface area (Å²) in [5.41, 5.74) is 11.3. The van der Waals surface area contributed by atoms with E-state index in [4.69, 9.17) is 35.2 Å². The number of esters is 3. The largest absolute Gasteiger partial charge is 0.466 e. The predicted octanol–water partition coefficient (Wildman–Crippen LogP) is 20.7. The van der Waals surface area contributed by atoms with Crippen molar-refractivity contribution in [3.05, 3.63) is 0 Å². The SMILES string of the molecule is CCCCCC(CCCCC)CCOC(=O)CCCCCCCCN(CCCCCCCCC(=O)OCCC(CCCCC)CCCCC)CCCOC(C)OCCCN(CCCCCCCCC(=O)OCCC(CCCCC)CCCCC)CCCN=C(N)N. The molecular formula is C78H155N5O8. The highest BCUT2D eigenvalue weighted by atomic mass is 16.7. The maximum Gasteiger partial charge on any atom is 0.305 e. The number of nitrogens with two attached hydrogens (primary N) is 2. The smallest absolute Gasteiger partial charge is 0.305 e. The maximum atomic E-state index is 12.6. The van der Waals surface area contributed by atoms with E-state index in [-0.39, 0.29) is 30.2 Å². The van der Waals surface area contributed by atoms with Gasteiger partial charge in [0.2, 0.25) is 0 Å². The molecule has 0 aromatic heterocycles. The third-order valence-electron chi connectivity index (χ3n) is 18.8. The minimum Gasteiger partial charge on any atom is -0.466 e. The fourth-order valence-electron chi connectivity index (χ4n) is 12.9. The zero-order chi connectivity index (χ0) is 66.6. The molecule has 0 fully saturated rings. The zero-order valence-corrected chi connectivity index (χ0v) is 61.6. The number of unbranched alkanes of at least 4 members (excludes halogenated alkanes) is 27. The van der Waals surface area contributed by atoms with E-state index in [1.54, 1.807) is 0 Å². The van der Waals surface area contributed by atoms with Crippen LogP contribution in [-0.2, 0) is 38.1 Å². The lowest BCUT2D eigenvalue weighted by Crippen LogP contribution is -2.30. The van der Waals surface area contributed by atoms with Gasteiger partial charge in [-0.3, -0.25) is 19.4 Å². The monoisotopic (exact) mass is 1290 g/mol. The van der Waals surface area contributed by atoms with Gasteiger partial charge in [-0.2, -0.15) is 0 Å². The molecule has 1 atom stereocenters. The fourth-order valence-corrected chi connectivity index (χ4v) is 12.9. The van der Waals surface area contributed by atoms with Crippen molar-refractivity contribution in [3.8, 4) is 0 Å². The Morgan fingerprint density at radius 1 is 0.308 bits per heavy atom. The average molecular weight is 1290 g/mol. The van der Waals surface area contributed by atoms with E-state index in [1.807, 2.05) is 6.92 Å². The molecule has 0 heterocycles. The second kappa shape index (κ2) is 70.3. The van der Waals surface area contributed by atoms with Crippen molar-refractivity contribution in [2.75, 3.05) is 78.8 Å². The normalized spacial score (nSPS) is 12.1. The van der Waals surface area contributed by atoms with Gasteiger partial charge in [0, 0.05) is 38.9 Å². The second-order valence-electron chi connectivity index (χ2n) is 27.6. The lowest BCUT2D eigenvalue weighted by atomic mass is 9.92. The van der Waals surface area contributed by atoms with Crippen LogP contribution in [0.2, 0.25) is 0 Å². The number of carbonyl (C=O) groups excluding carboxylic acids is 3. The molecule has 0 aliphatic rings. The van der Waals surface area contributed by atoms with E-state index < -0.39 is 0 Å². The number of aliphatic imine (C=N–C) groups is 1. The van der Waals surface area contributed by atoms with E-state index in [2.05, 4.69) is 56.3 Å². The van der Waals surface area contributed by atoms with Crippen LogP contribution in [0.25, 0.3) is 0 Å².